The number of alkyl halides is 1. The molecule has 1 spiro atoms. The number of hydrogen-bond donors (Lipinski definition) is 2. The first-order valence-electron chi connectivity index (χ1n) is 15.2. The Hall–Kier alpha value is -4.26. The van der Waals surface area contributed by atoms with Crippen LogP contribution in [0.1, 0.15) is 38.5 Å². The summed E-state index contributed by atoms with van der Waals surface area (Å²) in [6.45, 7) is 2.26. The quantitative estimate of drug-likeness (QED) is 0.242. The fourth-order valence-electron chi connectivity index (χ4n) is 7.87. The van der Waals surface area contributed by atoms with Crippen molar-refractivity contribution in [3.8, 4) is 23.0 Å². The second-order valence-electron chi connectivity index (χ2n) is 12.9. The topological polar surface area (TPSA) is 104 Å². The van der Waals surface area contributed by atoms with Crippen molar-refractivity contribution >= 4 is 33.4 Å². The number of hydrogen-bond acceptors (Lipinski definition) is 8. The van der Waals surface area contributed by atoms with E-state index in [1.54, 1.807) is 0 Å². The molecule has 0 aliphatic carbocycles. The van der Waals surface area contributed by atoms with Gasteiger partial charge in [0.05, 0.1) is 22.9 Å². The molecule has 1 unspecified atom stereocenters. The molecule has 234 valence electrons. The summed E-state index contributed by atoms with van der Waals surface area (Å²) in [7, 11) is 0. The lowest BCUT2D eigenvalue weighted by atomic mass is 9.80. The number of anilines is 1. The van der Waals surface area contributed by atoms with Gasteiger partial charge in [-0.25, -0.2) is 17.6 Å². The number of aromatic hydroxyl groups is 1. The molecule has 2 N–H and O–H groups in total. The Balaban J connectivity index is 1.26. The SMILES string of the molecule is O=C1CC2(CCCN(c3nc(OC[C@@]45CCCN4C[C@H](F)C5)nc4c(F)c(-c5cc(O)cc6ccc(F)c(F)c56)ncc34)C2)N1. The number of fused-ring (bicyclic) bond motifs is 3. The number of rotatable bonds is 5. The van der Waals surface area contributed by atoms with E-state index >= 15 is 8.78 Å². The number of carbonyl (C=O) groups excluding carboxylic acids is 1. The lowest BCUT2D eigenvalue weighted by Gasteiger charge is -2.49. The first kappa shape index (κ1) is 28.2. The molecule has 13 heteroatoms. The average molecular weight is 623 g/mol. The van der Waals surface area contributed by atoms with Crippen LogP contribution in [0.2, 0.25) is 0 Å². The largest absolute Gasteiger partial charge is 0.508 e. The normalized spacial score (nSPS) is 26.4. The van der Waals surface area contributed by atoms with E-state index in [1.807, 2.05) is 4.90 Å². The molecule has 8 rings (SSSR count). The average Bonchev–Trinajstić information content (AvgIpc) is 3.53. The highest BCUT2D eigenvalue weighted by molar-refractivity contribution is 6.00. The van der Waals surface area contributed by atoms with Gasteiger partial charge in [-0.15, -0.1) is 0 Å². The van der Waals surface area contributed by atoms with Crippen molar-refractivity contribution in [3.05, 3.63) is 47.9 Å². The summed E-state index contributed by atoms with van der Waals surface area (Å²) < 4.78 is 66.6. The molecule has 1 amide bonds. The molecule has 2 aromatic heterocycles. The highest BCUT2D eigenvalue weighted by atomic mass is 19.2. The van der Waals surface area contributed by atoms with Crippen LogP contribution in [0.25, 0.3) is 32.9 Å². The molecule has 9 nitrogen and oxygen atoms in total. The minimum Gasteiger partial charge on any atom is -0.508 e. The zero-order valence-corrected chi connectivity index (χ0v) is 24.3. The summed E-state index contributed by atoms with van der Waals surface area (Å²) in [6, 6.07) is 4.52. The Morgan fingerprint density at radius 3 is 2.73 bits per heavy atom. The third-order valence-corrected chi connectivity index (χ3v) is 9.90. The molecule has 2 aromatic carbocycles. The smallest absolute Gasteiger partial charge is 0.319 e. The molecule has 4 aliphatic rings. The van der Waals surface area contributed by atoms with Crippen molar-refractivity contribution in [1.29, 1.82) is 0 Å². The van der Waals surface area contributed by atoms with Crippen LogP contribution in [0.4, 0.5) is 23.4 Å². The molecule has 45 heavy (non-hydrogen) atoms. The van der Waals surface area contributed by atoms with Gasteiger partial charge in [0.1, 0.15) is 35.6 Å². The first-order chi connectivity index (χ1) is 21.6. The van der Waals surface area contributed by atoms with Crippen LogP contribution >= 0.6 is 0 Å². The van der Waals surface area contributed by atoms with Crippen LogP contribution in [-0.2, 0) is 4.79 Å². The van der Waals surface area contributed by atoms with Crippen LogP contribution < -0.4 is 15.0 Å². The van der Waals surface area contributed by atoms with Crippen LogP contribution in [0, 0.1) is 17.5 Å². The van der Waals surface area contributed by atoms with E-state index in [9.17, 15) is 18.7 Å². The number of carbonyl (C=O) groups is 1. The summed E-state index contributed by atoms with van der Waals surface area (Å²) in [5.74, 6) is -3.19. The van der Waals surface area contributed by atoms with E-state index in [0.29, 0.717) is 38.3 Å². The van der Waals surface area contributed by atoms with E-state index in [1.165, 1.54) is 18.3 Å². The Kier molecular flexibility index (Phi) is 6.35. The van der Waals surface area contributed by atoms with E-state index < -0.39 is 34.7 Å². The molecule has 6 heterocycles. The minimum absolute atomic E-state index is 0.0316. The number of phenolic OH excluding ortho intramolecular Hbond substituents is 1. The number of phenols is 1. The Morgan fingerprint density at radius 1 is 1.09 bits per heavy atom. The lowest BCUT2D eigenvalue weighted by molar-refractivity contribution is -0.133. The van der Waals surface area contributed by atoms with Crippen molar-refractivity contribution < 1.29 is 32.2 Å². The second kappa shape index (κ2) is 10.1. The maximum Gasteiger partial charge on any atom is 0.319 e. The summed E-state index contributed by atoms with van der Waals surface area (Å²) >= 11 is 0. The third-order valence-electron chi connectivity index (χ3n) is 9.90. The van der Waals surface area contributed by atoms with E-state index in [0.717, 1.165) is 44.4 Å². The maximum absolute atomic E-state index is 16.6. The number of aromatic nitrogens is 3. The molecule has 4 aliphatic heterocycles. The molecule has 4 aromatic rings. The number of pyridine rings is 1. The third kappa shape index (κ3) is 4.53. The number of benzene rings is 2. The monoisotopic (exact) mass is 622 g/mol. The molecular formula is C32H30F4N6O3. The predicted molar refractivity (Wildman–Crippen MR) is 157 cm³/mol. The van der Waals surface area contributed by atoms with Gasteiger partial charge >= 0.3 is 6.01 Å². The predicted octanol–water partition coefficient (Wildman–Crippen LogP) is 4.78. The van der Waals surface area contributed by atoms with Gasteiger partial charge in [0.2, 0.25) is 5.91 Å². The zero-order chi connectivity index (χ0) is 31.1. The standard InChI is InChI=1S/C32H30F4N6O3/c33-18-11-32(6-2-8-42(32)14-18)16-45-30-38-28-21(29(39-30)41-7-1-5-31(15-41)12-23(44)40-31)13-37-27(26(28)36)20-10-19(43)9-17-3-4-22(34)25(35)24(17)20/h3-4,9-10,13,18,43H,1-2,5-8,11-12,14-16H2,(H,40,44)/t18-,31?,32+/m1/s1. The van der Waals surface area contributed by atoms with E-state index in [4.69, 9.17) is 9.72 Å². The summed E-state index contributed by atoms with van der Waals surface area (Å²) in [6.07, 6.45) is 4.36. The van der Waals surface area contributed by atoms with Crippen molar-refractivity contribution in [2.24, 2.45) is 0 Å². The maximum atomic E-state index is 16.6. The van der Waals surface area contributed by atoms with Crippen LogP contribution in [-0.4, -0.2) is 80.9 Å². The Morgan fingerprint density at radius 2 is 1.91 bits per heavy atom. The molecule has 3 atom stereocenters. The van der Waals surface area contributed by atoms with Gasteiger partial charge in [0.25, 0.3) is 0 Å². The van der Waals surface area contributed by atoms with Gasteiger partial charge in [-0.1, -0.05) is 6.07 Å². The molecule has 4 fully saturated rings. The van der Waals surface area contributed by atoms with E-state index in [-0.39, 0.29) is 57.2 Å². The van der Waals surface area contributed by atoms with Crippen LogP contribution in [0.15, 0.2) is 30.5 Å². The van der Waals surface area contributed by atoms with Gasteiger partial charge in [-0.05, 0) is 55.8 Å². The fraction of sp³-hybridized carbons (Fsp3) is 0.438. The van der Waals surface area contributed by atoms with Gasteiger partial charge in [-0.2, -0.15) is 9.97 Å². The molecule has 0 saturated carbocycles. The van der Waals surface area contributed by atoms with Crippen molar-refractivity contribution in [2.45, 2.75) is 55.8 Å². The first-order valence-corrected chi connectivity index (χ1v) is 15.2. The second-order valence-corrected chi connectivity index (χ2v) is 12.9. The Bertz CT molecular complexity index is 1880. The van der Waals surface area contributed by atoms with Crippen LogP contribution in [0.5, 0.6) is 11.8 Å². The minimum atomic E-state index is -1.19. The van der Waals surface area contributed by atoms with Crippen molar-refractivity contribution in [2.75, 3.05) is 37.7 Å². The van der Waals surface area contributed by atoms with Gasteiger partial charge in [0.15, 0.2) is 17.5 Å². The number of amides is 1. The molecular weight excluding hydrogens is 592 g/mol. The number of halogens is 4. The summed E-state index contributed by atoms with van der Waals surface area (Å²) in [5.41, 5.74) is -1.53. The molecule has 0 radical (unpaired) electrons. The van der Waals surface area contributed by atoms with Crippen molar-refractivity contribution in [3.63, 3.8) is 0 Å². The van der Waals surface area contributed by atoms with Crippen molar-refractivity contribution in [1.82, 2.24) is 25.2 Å². The van der Waals surface area contributed by atoms with Gasteiger partial charge in [0, 0.05) is 43.2 Å². The van der Waals surface area contributed by atoms with Gasteiger partial charge in [-0.3, -0.25) is 14.7 Å². The highest BCUT2D eigenvalue weighted by Crippen LogP contribution is 2.42. The van der Waals surface area contributed by atoms with Crippen LogP contribution in [0.3, 0.4) is 0 Å². The number of β-lactam (4-membered cyclic amide) rings is 1. The lowest BCUT2D eigenvalue weighted by Crippen LogP contribution is -2.68. The number of nitrogens with one attached hydrogen (secondary N) is 1. The fourth-order valence-corrected chi connectivity index (χ4v) is 7.87. The molecule has 4 saturated heterocycles. The summed E-state index contributed by atoms with van der Waals surface area (Å²) in [4.78, 5) is 29.4. The zero-order valence-electron chi connectivity index (χ0n) is 24.3. The number of ether oxygens (including phenoxy) is 1. The van der Waals surface area contributed by atoms with E-state index in [2.05, 4.69) is 20.2 Å². The Labute approximate surface area is 255 Å². The number of nitrogens with zero attached hydrogens (tertiary/aromatic N) is 5. The van der Waals surface area contributed by atoms with Gasteiger partial charge < -0.3 is 20.1 Å². The number of piperidine rings is 1. The summed E-state index contributed by atoms with van der Waals surface area (Å²) in [5, 5.41) is 13.6. The molecule has 0 bridgehead atoms. The highest BCUT2D eigenvalue weighted by Gasteiger charge is 2.50.